The van der Waals surface area contributed by atoms with Gasteiger partial charge in [0.15, 0.2) is 0 Å². The smallest absolute Gasteiger partial charge is 0.123 e. The minimum absolute atomic E-state index is 0.383. The molecule has 1 heterocycles. The van der Waals surface area contributed by atoms with Crippen molar-refractivity contribution in [1.29, 1.82) is 0 Å². The van der Waals surface area contributed by atoms with E-state index in [0.29, 0.717) is 12.5 Å². The van der Waals surface area contributed by atoms with E-state index in [0.717, 1.165) is 20.7 Å². The van der Waals surface area contributed by atoms with Crippen molar-refractivity contribution in [2.45, 2.75) is 19.8 Å². The van der Waals surface area contributed by atoms with Crippen molar-refractivity contribution in [3.8, 4) is 10.6 Å². The molecule has 2 N–H and O–H groups in total. The largest absolute Gasteiger partial charge is 0.330 e. The monoisotopic (exact) mass is 310 g/mol. The average molecular weight is 311 g/mol. The number of benzene rings is 1. The maximum absolute atomic E-state index is 5.72. The van der Waals surface area contributed by atoms with E-state index >= 15 is 0 Å². The summed E-state index contributed by atoms with van der Waals surface area (Å²) in [5.41, 5.74) is 7.97. The molecule has 0 bridgehead atoms. The number of hydrogen-bond donors (Lipinski definition) is 1. The molecule has 0 spiro atoms. The number of aromatic nitrogens is 1. The van der Waals surface area contributed by atoms with Gasteiger partial charge in [0, 0.05) is 20.8 Å². The number of aryl methyl sites for hydroxylation is 1. The van der Waals surface area contributed by atoms with Crippen molar-refractivity contribution in [3.05, 3.63) is 39.3 Å². The molecular weight excluding hydrogens is 296 g/mol. The second-order valence-electron chi connectivity index (χ2n) is 4.12. The van der Waals surface area contributed by atoms with Gasteiger partial charge in [-0.15, -0.1) is 11.3 Å². The SMILES string of the molecule is Cc1nc(-c2cccc(Br)c2)sc1C(C)CN. The van der Waals surface area contributed by atoms with Crippen LogP contribution in [0.3, 0.4) is 0 Å². The van der Waals surface area contributed by atoms with Gasteiger partial charge >= 0.3 is 0 Å². The van der Waals surface area contributed by atoms with Crippen LogP contribution in [-0.4, -0.2) is 11.5 Å². The van der Waals surface area contributed by atoms with Crippen LogP contribution in [0.15, 0.2) is 28.7 Å². The summed E-state index contributed by atoms with van der Waals surface area (Å²) in [6.07, 6.45) is 0. The van der Waals surface area contributed by atoms with Crippen LogP contribution in [-0.2, 0) is 0 Å². The van der Waals surface area contributed by atoms with Crippen LogP contribution >= 0.6 is 27.3 Å². The van der Waals surface area contributed by atoms with Crippen LogP contribution in [0.4, 0.5) is 0 Å². The summed E-state index contributed by atoms with van der Waals surface area (Å²) in [6, 6.07) is 8.23. The topological polar surface area (TPSA) is 38.9 Å². The lowest BCUT2D eigenvalue weighted by Gasteiger charge is -2.04. The number of nitrogens with zero attached hydrogens (tertiary/aromatic N) is 1. The maximum Gasteiger partial charge on any atom is 0.123 e. The fourth-order valence-corrected chi connectivity index (χ4v) is 3.24. The molecule has 1 unspecified atom stereocenters. The number of halogens is 1. The Kier molecular flexibility index (Phi) is 3.97. The molecule has 0 aliphatic heterocycles. The molecule has 17 heavy (non-hydrogen) atoms. The molecule has 1 aromatic carbocycles. The zero-order chi connectivity index (χ0) is 12.4. The Morgan fingerprint density at radius 1 is 1.47 bits per heavy atom. The molecule has 1 aromatic heterocycles. The van der Waals surface area contributed by atoms with Crippen LogP contribution in [0.1, 0.15) is 23.4 Å². The van der Waals surface area contributed by atoms with E-state index in [9.17, 15) is 0 Å². The molecule has 2 rings (SSSR count). The van der Waals surface area contributed by atoms with Crippen LogP contribution < -0.4 is 5.73 Å². The van der Waals surface area contributed by atoms with Gasteiger partial charge in [0.2, 0.25) is 0 Å². The Bertz CT molecular complexity index is 522. The zero-order valence-electron chi connectivity index (χ0n) is 9.90. The highest BCUT2D eigenvalue weighted by Crippen LogP contribution is 2.33. The van der Waals surface area contributed by atoms with Crippen molar-refractivity contribution < 1.29 is 0 Å². The third-order valence-corrected chi connectivity index (χ3v) is 4.64. The van der Waals surface area contributed by atoms with E-state index in [-0.39, 0.29) is 0 Å². The zero-order valence-corrected chi connectivity index (χ0v) is 12.3. The van der Waals surface area contributed by atoms with Crippen molar-refractivity contribution in [3.63, 3.8) is 0 Å². The number of thiazole rings is 1. The molecule has 2 nitrogen and oxygen atoms in total. The first-order valence-electron chi connectivity index (χ1n) is 5.55. The number of nitrogens with two attached hydrogens (primary N) is 1. The third-order valence-electron chi connectivity index (χ3n) is 2.71. The lowest BCUT2D eigenvalue weighted by atomic mass is 10.1. The van der Waals surface area contributed by atoms with E-state index in [1.807, 2.05) is 12.1 Å². The van der Waals surface area contributed by atoms with Crippen molar-refractivity contribution in [2.75, 3.05) is 6.54 Å². The molecule has 0 aliphatic rings. The number of hydrogen-bond acceptors (Lipinski definition) is 3. The molecule has 4 heteroatoms. The van der Waals surface area contributed by atoms with E-state index in [2.05, 4.69) is 46.9 Å². The minimum Gasteiger partial charge on any atom is -0.330 e. The summed E-state index contributed by atoms with van der Waals surface area (Å²) in [5, 5.41) is 1.07. The highest BCUT2D eigenvalue weighted by molar-refractivity contribution is 9.10. The molecule has 0 saturated heterocycles. The Morgan fingerprint density at radius 3 is 2.88 bits per heavy atom. The first-order chi connectivity index (χ1) is 8.11. The van der Waals surface area contributed by atoms with Gasteiger partial charge in [0.05, 0.1) is 5.69 Å². The molecule has 0 aliphatic carbocycles. The molecule has 0 amide bonds. The Labute approximate surface area is 114 Å². The lowest BCUT2D eigenvalue weighted by Crippen LogP contribution is -2.08. The molecule has 1 atom stereocenters. The first kappa shape index (κ1) is 12.7. The Hall–Kier alpha value is -0.710. The predicted molar refractivity (Wildman–Crippen MR) is 77.5 cm³/mol. The van der Waals surface area contributed by atoms with E-state index < -0.39 is 0 Å². The Morgan fingerprint density at radius 2 is 2.24 bits per heavy atom. The highest BCUT2D eigenvalue weighted by atomic mass is 79.9. The van der Waals surface area contributed by atoms with Gasteiger partial charge in [-0.3, -0.25) is 0 Å². The summed E-state index contributed by atoms with van der Waals surface area (Å²) >= 11 is 5.23. The molecule has 0 radical (unpaired) electrons. The normalized spacial score (nSPS) is 12.7. The van der Waals surface area contributed by atoms with Crippen molar-refractivity contribution >= 4 is 27.3 Å². The summed E-state index contributed by atoms with van der Waals surface area (Å²) in [6.45, 7) is 4.87. The van der Waals surface area contributed by atoms with Crippen molar-refractivity contribution in [2.24, 2.45) is 5.73 Å². The number of rotatable bonds is 3. The summed E-state index contributed by atoms with van der Waals surface area (Å²) in [4.78, 5) is 5.93. The average Bonchev–Trinajstić information content (AvgIpc) is 2.70. The standard InChI is InChI=1S/C13H15BrN2S/c1-8(7-15)12-9(2)16-13(17-12)10-4-3-5-11(14)6-10/h3-6,8H,7,15H2,1-2H3. The molecule has 0 saturated carbocycles. The van der Waals surface area contributed by atoms with Gasteiger partial charge in [-0.05, 0) is 25.6 Å². The van der Waals surface area contributed by atoms with Crippen LogP contribution in [0.5, 0.6) is 0 Å². The Balaban J connectivity index is 2.41. The van der Waals surface area contributed by atoms with E-state index in [1.165, 1.54) is 4.88 Å². The van der Waals surface area contributed by atoms with Gasteiger partial charge in [0.25, 0.3) is 0 Å². The van der Waals surface area contributed by atoms with Crippen LogP contribution in [0, 0.1) is 6.92 Å². The van der Waals surface area contributed by atoms with E-state index in [4.69, 9.17) is 5.73 Å². The van der Waals surface area contributed by atoms with Gasteiger partial charge in [0.1, 0.15) is 5.01 Å². The predicted octanol–water partition coefficient (Wildman–Crippen LogP) is 3.94. The van der Waals surface area contributed by atoms with Crippen LogP contribution in [0.25, 0.3) is 10.6 Å². The summed E-state index contributed by atoms with van der Waals surface area (Å²) < 4.78 is 1.08. The molecule has 2 aromatic rings. The van der Waals surface area contributed by atoms with E-state index in [1.54, 1.807) is 11.3 Å². The summed E-state index contributed by atoms with van der Waals surface area (Å²) in [7, 11) is 0. The first-order valence-corrected chi connectivity index (χ1v) is 7.16. The van der Waals surface area contributed by atoms with Gasteiger partial charge < -0.3 is 5.73 Å². The van der Waals surface area contributed by atoms with Crippen molar-refractivity contribution in [1.82, 2.24) is 4.98 Å². The summed E-state index contributed by atoms with van der Waals surface area (Å²) in [5.74, 6) is 0.383. The minimum atomic E-state index is 0.383. The second-order valence-corrected chi connectivity index (χ2v) is 6.06. The molecule has 90 valence electrons. The molecule has 0 fully saturated rings. The molecular formula is C13H15BrN2S. The van der Waals surface area contributed by atoms with Gasteiger partial charge in [-0.2, -0.15) is 0 Å². The quantitative estimate of drug-likeness (QED) is 0.932. The van der Waals surface area contributed by atoms with Gasteiger partial charge in [-0.1, -0.05) is 35.0 Å². The maximum atomic E-state index is 5.72. The van der Waals surface area contributed by atoms with Crippen LogP contribution in [0.2, 0.25) is 0 Å². The second kappa shape index (κ2) is 5.29. The lowest BCUT2D eigenvalue weighted by molar-refractivity contribution is 0.780. The highest BCUT2D eigenvalue weighted by Gasteiger charge is 2.14. The fourth-order valence-electron chi connectivity index (χ4n) is 1.72. The fraction of sp³-hybridized carbons (Fsp3) is 0.308. The third kappa shape index (κ3) is 2.76. The van der Waals surface area contributed by atoms with Gasteiger partial charge in [-0.25, -0.2) is 4.98 Å².